The zero-order chi connectivity index (χ0) is 11.3. The van der Waals surface area contributed by atoms with Crippen LogP contribution in [0.2, 0.25) is 5.15 Å². The van der Waals surface area contributed by atoms with Crippen LogP contribution in [0.4, 0.5) is 0 Å². The van der Waals surface area contributed by atoms with Crippen molar-refractivity contribution in [3.8, 4) is 0 Å². The van der Waals surface area contributed by atoms with Gasteiger partial charge in [-0.2, -0.15) is 0 Å². The highest BCUT2D eigenvalue weighted by Crippen LogP contribution is 2.17. The topological polar surface area (TPSA) is 57.8 Å². The summed E-state index contributed by atoms with van der Waals surface area (Å²) >= 11 is 5.68. The summed E-state index contributed by atoms with van der Waals surface area (Å²) in [7, 11) is 1.65. The Balaban J connectivity index is 2.93. The molecule has 0 spiro atoms. The van der Waals surface area contributed by atoms with Crippen LogP contribution < -0.4 is 0 Å². The minimum atomic E-state index is 0.0238. The summed E-state index contributed by atoms with van der Waals surface area (Å²) < 4.78 is 0. The van der Waals surface area contributed by atoms with Crippen LogP contribution in [-0.4, -0.2) is 29.2 Å². The largest absolute Gasteiger partial charge is 0.411 e. The third kappa shape index (κ3) is 3.02. The van der Waals surface area contributed by atoms with E-state index in [2.05, 4.69) is 15.1 Å². The van der Waals surface area contributed by atoms with Crippen molar-refractivity contribution in [3.05, 3.63) is 29.0 Å². The first-order chi connectivity index (χ1) is 7.19. The number of aromatic nitrogens is 1. The Hall–Kier alpha value is -1.42. The number of oxime groups is 1. The third-order valence-corrected chi connectivity index (χ3v) is 2.37. The maximum atomic E-state index is 8.46. The second-order valence-corrected chi connectivity index (χ2v) is 3.42. The molecule has 0 fully saturated rings. The second kappa shape index (κ2) is 5.46. The molecule has 1 heterocycles. The van der Waals surface area contributed by atoms with Crippen LogP contribution >= 0.6 is 11.6 Å². The zero-order valence-corrected chi connectivity index (χ0v) is 9.31. The van der Waals surface area contributed by atoms with Crippen molar-refractivity contribution in [2.24, 2.45) is 10.1 Å². The third-order valence-electron chi connectivity index (χ3n) is 2.14. The normalized spacial score (nSPS) is 14.5. The smallest absolute Gasteiger partial charge is 0.129 e. The SMILES string of the molecule is CN=C(C=NO)C(C)c1ccc(Cl)nc1. The van der Waals surface area contributed by atoms with E-state index >= 15 is 0 Å². The Morgan fingerprint density at radius 1 is 1.60 bits per heavy atom. The van der Waals surface area contributed by atoms with Crippen LogP contribution in [0.25, 0.3) is 0 Å². The average Bonchev–Trinajstić information content (AvgIpc) is 2.26. The van der Waals surface area contributed by atoms with Crippen molar-refractivity contribution in [3.63, 3.8) is 0 Å². The molecule has 0 saturated carbocycles. The molecule has 1 atom stereocenters. The molecule has 0 aromatic carbocycles. The van der Waals surface area contributed by atoms with E-state index in [1.807, 2.05) is 13.0 Å². The lowest BCUT2D eigenvalue weighted by molar-refractivity contribution is 0.322. The molecule has 1 aromatic heterocycles. The van der Waals surface area contributed by atoms with Crippen LogP contribution in [-0.2, 0) is 0 Å². The summed E-state index contributed by atoms with van der Waals surface area (Å²) in [6.07, 6.45) is 3.00. The van der Waals surface area contributed by atoms with Gasteiger partial charge >= 0.3 is 0 Å². The zero-order valence-electron chi connectivity index (χ0n) is 8.55. The molecule has 0 aliphatic heterocycles. The molecule has 15 heavy (non-hydrogen) atoms. The van der Waals surface area contributed by atoms with Crippen molar-refractivity contribution in [2.45, 2.75) is 12.8 Å². The van der Waals surface area contributed by atoms with Gasteiger partial charge in [0.15, 0.2) is 0 Å². The monoisotopic (exact) mass is 225 g/mol. The predicted molar refractivity (Wildman–Crippen MR) is 61.3 cm³/mol. The van der Waals surface area contributed by atoms with Gasteiger partial charge in [0.05, 0.1) is 11.9 Å². The molecule has 0 amide bonds. The molecule has 0 saturated heterocycles. The van der Waals surface area contributed by atoms with Gasteiger partial charge in [-0.1, -0.05) is 29.7 Å². The first-order valence-corrected chi connectivity index (χ1v) is 4.82. The van der Waals surface area contributed by atoms with Gasteiger partial charge in [-0.3, -0.25) is 4.99 Å². The number of aliphatic imine (C=N–C) groups is 1. The van der Waals surface area contributed by atoms with Gasteiger partial charge in [-0.25, -0.2) is 4.98 Å². The molecular weight excluding hydrogens is 214 g/mol. The van der Waals surface area contributed by atoms with Gasteiger partial charge < -0.3 is 5.21 Å². The van der Waals surface area contributed by atoms with Gasteiger partial charge in [-0.15, -0.1) is 0 Å². The van der Waals surface area contributed by atoms with E-state index in [4.69, 9.17) is 16.8 Å². The molecule has 1 unspecified atom stereocenters. The van der Waals surface area contributed by atoms with Gasteiger partial charge in [0.25, 0.3) is 0 Å². The Morgan fingerprint density at radius 3 is 2.80 bits per heavy atom. The fourth-order valence-corrected chi connectivity index (χ4v) is 1.35. The lowest BCUT2D eigenvalue weighted by Gasteiger charge is -2.10. The summed E-state index contributed by atoms with van der Waals surface area (Å²) in [6.45, 7) is 1.95. The van der Waals surface area contributed by atoms with E-state index in [1.54, 1.807) is 19.3 Å². The number of hydrogen-bond donors (Lipinski definition) is 1. The molecule has 80 valence electrons. The average molecular weight is 226 g/mol. The summed E-state index contributed by atoms with van der Waals surface area (Å²) in [6, 6.07) is 3.59. The van der Waals surface area contributed by atoms with Gasteiger partial charge in [0.2, 0.25) is 0 Å². The lowest BCUT2D eigenvalue weighted by Crippen LogP contribution is -2.11. The van der Waals surface area contributed by atoms with E-state index in [-0.39, 0.29) is 5.92 Å². The maximum absolute atomic E-state index is 8.46. The molecule has 4 nitrogen and oxygen atoms in total. The minimum absolute atomic E-state index is 0.0238. The van der Waals surface area contributed by atoms with Crippen LogP contribution in [0.5, 0.6) is 0 Å². The summed E-state index contributed by atoms with van der Waals surface area (Å²) in [4.78, 5) is 8.00. The molecule has 1 rings (SSSR count). The van der Waals surface area contributed by atoms with Crippen LogP contribution in [0.15, 0.2) is 28.5 Å². The fraction of sp³-hybridized carbons (Fsp3) is 0.300. The van der Waals surface area contributed by atoms with E-state index in [1.165, 1.54) is 6.21 Å². The standard InChI is InChI=1S/C10H12ClN3O/c1-7(9(12-2)6-14-15)8-3-4-10(11)13-5-8/h3-7,15H,1-2H3. The van der Waals surface area contributed by atoms with Crippen molar-refractivity contribution in [2.75, 3.05) is 7.05 Å². The molecule has 1 N–H and O–H groups in total. The number of pyridine rings is 1. The summed E-state index contributed by atoms with van der Waals surface area (Å²) in [5.74, 6) is 0.0238. The number of rotatable bonds is 3. The van der Waals surface area contributed by atoms with Gasteiger partial charge in [0, 0.05) is 19.2 Å². The van der Waals surface area contributed by atoms with Crippen molar-refractivity contribution in [1.82, 2.24) is 4.98 Å². The molecule has 0 aliphatic carbocycles. The summed E-state index contributed by atoms with van der Waals surface area (Å²) in [5.41, 5.74) is 1.65. The van der Waals surface area contributed by atoms with Crippen molar-refractivity contribution in [1.29, 1.82) is 0 Å². The first kappa shape index (κ1) is 11.7. The van der Waals surface area contributed by atoms with E-state index in [9.17, 15) is 0 Å². The van der Waals surface area contributed by atoms with Crippen LogP contribution in [0, 0.1) is 0 Å². The van der Waals surface area contributed by atoms with Crippen molar-refractivity contribution < 1.29 is 5.21 Å². The van der Waals surface area contributed by atoms with E-state index < -0.39 is 0 Å². The highest BCUT2D eigenvalue weighted by molar-refractivity contribution is 6.32. The number of halogens is 1. The van der Waals surface area contributed by atoms with Gasteiger partial charge in [0.1, 0.15) is 5.15 Å². The lowest BCUT2D eigenvalue weighted by atomic mass is 9.98. The fourth-order valence-electron chi connectivity index (χ4n) is 1.24. The molecule has 5 heteroatoms. The molecular formula is C10H12ClN3O. The predicted octanol–water partition coefficient (Wildman–Crippen LogP) is 2.37. The van der Waals surface area contributed by atoms with E-state index in [0.29, 0.717) is 10.9 Å². The Bertz CT molecular complexity index is 373. The summed E-state index contributed by atoms with van der Waals surface area (Å²) in [5, 5.41) is 11.9. The van der Waals surface area contributed by atoms with E-state index in [0.717, 1.165) is 5.56 Å². The second-order valence-electron chi connectivity index (χ2n) is 3.03. The number of nitrogens with zero attached hydrogens (tertiary/aromatic N) is 3. The van der Waals surface area contributed by atoms with Crippen molar-refractivity contribution >= 4 is 23.5 Å². The first-order valence-electron chi connectivity index (χ1n) is 4.44. The highest BCUT2D eigenvalue weighted by Gasteiger charge is 2.11. The Labute approximate surface area is 93.3 Å². The Morgan fingerprint density at radius 2 is 2.33 bits per heavy atom. The molecule has 0 radical (unpaired) electrons. The quantitative estimate of drug-likeness (QED) is 0.372. The molecule has 1 aromatic rings. The minimum Gasteiger partial charge on any atom is -0.411 e. The van der Waals surface area contributed by atoms with Gasteiger partial charge in [-0.05, 0) is 11.6 Å². The Kier molecular flexibility index (Phi) is 4.24. The number of hydrogen-bond acceptors (Lipinski definition) is 4. The molecule has 0 bridgehead atoms. The molecule has 0 aliphatic rings. The van der Waals surface area contributed by atoms with Crippen LogP contribution in [0.1, 0.15) is 18.4 Å². The van der Waals surface area contributed by atoms with Crippen LogP contribution in [0.3, 0.4) is 0 Å². The highest BCUT2D eigenvalue weighted by atomic mass is 35.5. The maximum Gasteiger partial charge on any atom is 0.129 e.